The van der Waals surface area contributed by atoms with Crippen molar-refractivity contribution >= 4 is 51.1 Å². The van der Waals surface area contributed by atoms with Crippen LogP contribution in [0.1, 0.15) is 26.5 Å². The fourth-order valence-corrected chi connectivity index (χ4v) is 4.62. The van der Waals surface area contributed by atoms with E-state index in [-0.39, 0.29) is 23.9 Å². The van der Waals surface area contributed by atoms with E-state index < -0.39 is 5.91 Å². The van der Waals surface area contributed by atoms with E-state index in [1.165, 1.54) is 18.0 Å². The van der Waals surface area contributed by atoms with E-state index in [4.69, 9.17) is 9.15 Å². The molecule has 3 amide bonds. The number of carbonyl (C=O) groups excluding carboxylic acids is 3. The second-order valence-electron chi connectivity index (χ2n) is 7.90. The van der Waals surface area contributed by atoms with Gasteiger partial charge in [-0.3, -0.25) is 19.3 Å². The van der Waals surface area contributed by atoms with Crippen molar-refractivity contribution in [3.8, 4) is 11.5 Å². The summed E-state index contributed by atoms with van der Waals surface area (Å²) in [5.74, 6) is 0.905. The van der Waals surface area contributed by atoms with Crippen molar-refractivity contribution < 1.29 is 23.5 Å². The molecular formula is C27H19BrN2O5S. The number of hydrogen-bond donors (Lipinski definition) is 1. The number of amides is 3. The summed E-state index contributed by atoms with van der Waals surface area (Å²) in [4.78, 5) is 39.9. The van der Waals surface area contributed by atoms with Crippen LogP contribution in [-0.4, -0.2) is 28.4 Å². The summed E-state index contributed by atoms with van der Waals surface area (Å²) in [6.07, 6.45) is 1.50. The first-order chi connectivity index (χ1) is 17.5. The Morgan fingerprint density at radius 3 is 2.36 bits per heavy atom. The van der Waals surface area contributed by atoms with Crippen LogP contribution in [0.3, 0.4) is 0 Å². The quantitative estimate of drug-likeness (QED) is 0.198. The molecule has 36 heavy (non-hydrogen) atoms. The smallest absolute Gasteiger partial charge is 0.262 e. The Morgan fingerprint density at radius 1 is 0.917 bits per heavy atom. The number of hydrogen-bond acceptors (Lipinski definition) is 6. The SMILES string of the molecule is O=C(CSc1ccc(Br)cc1)Nc1ccc(Oc2ccc3c(c2)C(=O)N(Cc2ccco2)C3=O)cc1. The summed E-state index contributed by atoms with van der Waals surface area (Å²) in [6.45, 7) is 0.0738. The van der Waals surface area contributed by atoms with Gasteiger partial charge in [-0.25, -0.2) is 0 Å². The Hall–Kier alpha value is -3.82. The van der Waals surface area contributed by atoms with Gasteiger partial charge in [0, 0.05) is 15.1 Å². The largest absolute Gasteiger partial charge is 0.467 e. The number of ether oxygens (including phenoxy) is 1. The zero-order valence-electron chi connectivity index (χ0n) is 18.8. The lowest BCUT2D eigenvalue weighted by Crippen LogP contribution is -2.28. The Morgan fingerprint density at radius 2 is 1.64 bits per heavy atom. The van der Waals surface area contributed by atoms with Gasteiger partial charge in [-0.15, -0.1) is 11.8 Å². The Labute approximate surface area is 219 Å². The third kappa shape index (κ3) is 5.37. The Kier molecular flexibility index (Phi) is 6.92. The molecule has 4 aromatic rings. The van der Waals surface area contributed by atoms with Crippen molar-refractivity contribution in [3.05, 3.63) is 106 Å². The van der Waals surface area contributed by atoms with Gasteiger partial charge in [0.05, 0.1) is 29.7 Å². The van der Waals surface area contributed by atoms with Crippen LogP contribution in [0.15, 0.2) is 98.9 Å². The van der Waals surface area contributed by atoms with Crippen LogP contribution < -0.4 is 10.1 Å². The van der Waals surface area contributed by atoms with Crippen LogP contribution in [0.2, 0.25) is 0 Å². The van der Waals surface area contributed by atoms with Gasteiger partial charge < -0.3 is 14.5 Å². The molecule has 0 atom stereocenters. The molecule has 0 bridgehead atoms. The monoisotopic (exact) mass is 562 g/mol. The van der Waals surface area contributed by atoms with Crippen molar-refractivity contribution in [2.75, 3.05) is 11.1 Å². The molecule has 2 heterocycles. The van der Waals surface area contributed by atoms with E-state index in [0.29, 0.717) is 34.3 Å². The molecule has 0 fully saturated rings. The first-order valence-electron chi connectivity index (χ1n) is 10.9. The second-order valence-corrected chi connectivity index (χ2v) is 9.86. The summed E-state index contributed by atoms with van der Waals surface area (Å²) in [5.41, 5.74) is 1.27. The average molecular weight is 563 g/mol. The number of anilines is 1. The summed E-state index contributed by atoms with van der Waals surface area (Å²) in [6, 6.07) is 22.9. The lowest BCUT2D eigenvalue weighted by Gasteiger charge is -2.11. The minimum atomic E-state index is -0.393. The first-order valence-corrected chi connectivity index (χ1v) is 12.7. The average Bonchev–Trinajstić information content (AvgIpc) is 3.48. The van der Waals surface area contributed by atoms with Crippen LogP contribution in [-0.2, 0) is 11.3 Å². The van der Waals surface area contributed by atoms with Gasteiger partial charge in [0.25, 0.3) is 11.8 Å². The highest BCUT2D eigenvalue weighted by molar-refractivity contribution is 9.10. The van der Waals surface area contributed by atoms with E-state index in [0.717, 1.165) is 14.3 Å². The molecule has 3 aromatic carbocycles. The van der Waals surface area contributed by atoms with Crippen LogP contribution >= 0.6 is 27.7 Å². The van der Waals surface area contributed by atoms with Crippen molar-refractivity contribution in [1.82, 2.24) is 4.90 Å². The zero-order chi connectivity index (χ0) is 25.1. The second kappa shape index (κ2) is 10.4. The molecule has 180 valence electrons. The van der Waals surface area contributed by atoms with Crippen LogP contribution in [0.4, 0.5) is 5.69 Å². The van der Waals surface area contributed by atoms with Crippen molar-refractivity contribution in [1.29, 1.82) is 0 Å². The zero-order valence-corrected chi connectivity index (χ0v) is 21.2. The van der Waals surface area contributed by atoms with E-state index >= 15 is 0 Å². The minimum absolute atomic E-state index is 0.0738. The number of benzene rings is 3. The Balaban J connectivity index is 1.19. The molecule has 0 saturated heterocycles. The molecule has 0 unspecified atom stereocenters. The van der Waals surface area contributed by atoms with E-state index in [1.54, 1.807) is 54.6 Å². The maximum Gasteiger partial charge on any atom is 0.262 e. The molecule has 1 aliphatic rings. The summed E-state index contributed by atoms with van der Waals surface area (Å²) in [7, 11) is 0. The third-order valence-electron chi connectivity index (χ3n) is 5.39. The predicted molar refractivity (Wildman–Crippen MR) is 139 cm³/mol. The number of nitrogens with one attached hydrogen (secondary N) is 1. The molecule has 7 nitrogen and oxygen atoms in total. The van der Waals surface area contributed by atoms with Crippen LogP contribution in [0, 0.1) is 0 Å². The fourth-order valence-electron chi connectivity index (χ4n) is 3.65. The van der Waals surface area contributed by atoms with Gasteiger partial charge in [-0.05, 0) is 78.9 Å². The van der Waals surface area contributed by atoms with E-state index in [9.17, 15) is 14.4 Å². The maximum atomic E-state index is 12.8. The van der Waals surface area contributed by atoms with Gasteiger partial charge in [-0.1, -0.05) is 15.9 Å². The molecule has 0 aliphatic carbocycles. The first kappa shape index (κ1) is 23.9. The number of thioether (sulfide) groups is 1. The van der Waals surface area contributed by atoms with E-state index in [2.05, 4.69) is 21.2 Å². The molecule has 9 heteroatoms. The summed E-state index contributed by atoms with van der Waals surface area (Å²) < 4.78 is 12.1. The highest BCUT2D eigenvalue weighted by atomic mass is 79.9. The topological polar surface area (TPSA) is 88.8 Å². The normalized spacial score (nSPS) is 12.5. The van der Waals surface area contributed by atoms with Crippen molar-refractivity contribution in [2.24, 2.45) is 0 Å². The number of imide groups is 1. The molecule has 0 saturated carbocycles. The fraction of sp³-hybridized carbons (Fsp3) is 0.0741. The number of rotatable bonds is 8. The van der Waals surface area contributed by atoms with Gasteiger partial charge in [0.1, 0.15) is 17.3 Å². The predicted octanol–water partition coefficient (Wildman–Crippen LogP) is 6.36. The lowest BCUT2D eigenvalue weighted by molar-refractivity contribution is -0.113. The van der Waals surface area contributed by atoms with Gasteiger partial charge in [0.2, 0.25) is 5.91 Å². The Bertz CT molecular complexity index is 1420. The van der Waals surface area contributed by atoms with Gasteiger partial charge >= 0.3 is 0 Å². The number of nitrogens with zero attached hydrogens (tertiary/aromatic N) is 1. The van der Waals surface area contributed by atoms with Gasteiger partial charge in [-0.2, -0.15) is 0 Å². The van der Waals surface area contributed by atoms with Crippen LogP contribution in [0.5, 0.6) is 11.5 Å². The molecule has 1 N–H and O–H groups in total. The summed E-state index contributed by atoms with van der Waals surface area (Å²) in [5, 5.41) is 2.86. The molecule has 1 aliphatic heterocycles. The molecular weight excluding hydrogens is 544 g/mol. The maximum absolute atomic E-state index is 12.8. The molecule has 5 rings (SSSR count). The third-order valence-corrected chi connectivity index (χ3v) is 6.93. The number of carbonyl (C=O) groups is 3. The number of fused-ring (bicyclic) bond motifs is 1. The van der Waals surface area contributed by atoms with Gasteiger partial charge in [0.15, 0.2) is 0 Å². The van der Waals surface area contributed by atoms with Crippen molar-refractivity contribution in [3.63, 3.8) is 0 Å². The highest BCUT2D eigenvalue weighted by Crippen LogP contribution is 2.31. The standard InChI is InChI=1S/C27H19BrN2O5S/c28-17-3-10-22(11-4-17)36-16-25(31)29-18-5-7-19(8-6-18)35-20-9-12-23-24(14-20)27(33)30(26(23)32)15-21-2-1-13-34-21/h1-14H,15-16H2,(H,29,31). The number of halogens is 1. The molecule has 0 spiro atoms. The lowest BCUT2D eigenvalue weighted by atomic mass is 10.1. The van der Waals surface area contributed by atoms with Crippen molar-refractivity contribution in [2.45, 2.75) is 11.4 Å². The van der Waals surface area contributed by atoms with E-state index in [1.807, 2.05) is 24.3 Å². The molecule has 1 aromatic heterocycles. The summed E-state index contributed by atoms with van der Waals surface area (Å²) >= 11 is 4.85. The number of furan rings is 1. The molecule has 0 radical (unpaired) electrons. The van der Waals surface area contributed by atoms with Crippen LogP contribution in [0.25, 0.3) is 0 Å². The minimum Gasteiger partial charge on any atom is -0.467 e. The highest BCUT2D eigenvalue weighted by Gasteiger charge is 2.36.